The molecule has 2 rings (SSSR count). The standard InChI is InChI=1S/C11H12N4O2/c16-15(17)11-3-1-2-9(4-11)5-12-6-10-7-13-8-14-10/h1-4,7-8,12H,5-6H2,(H,13,14). The predicted molar refractivity (Wildman–Crippen MR) is 62.2 cm³/mol. The summed E-state index contributed by atoms with van der Waals surface area (Å²) in [6.45, 7) is 1.24. The van der Waals surface area contributed by atoms with E-state index in [0.717, 1.165) is 11.3 Å². The van der Waals surface area contributed by atoms with Crippen molar-refractivity contribution in [3.8, 4) is 0 Å². The summed E-state index contributed by atoms with van der Waals surface area (Å²) in [6.07, 6.45) is 3.35. The largest absolute Gasteiger partial charge is 0.347 e. The lowest BCUT2D eigenvalue weighted by atomic mass is 10.2. The Hall–Kier alpha value is -2.21. The molecule has 0 aliphatic heterocycles. The van der Waals surface area contributed by atoms with Crippen LogP contribution in [0.25, 0.3) is 0 Å². The van der Waals surface area contributed by atoms with E-state index in [1.54, 1.807) is 24.7 Å². The number of nitrogens with zero attached hydrogens (tertiary/aromatic N) is 2. The number of nitro groups is 1. The first-order chi connectivity index (χ1) is 8.25. The zero-order valence-corrected chi connectivity index (χ0v) is 9.09. The van der Waals surface area contributed by atoms with E-state index in [-0.39, 0.29) is 5.69 Å². The fourth-order valence-corrected chi connectivity index (χ4v) is 1.50. The molecule has 2 aromatic rings. The predicted octanol–water partition coefficient (Wildman–Crippen LogP) is 1.61. The van der Waals surface area contributed by atoms with Crippen LogP contribution in [0.2, 0.25) is 0 Å². The number of aromatic nitrogens is 2. The summed E-state index contributed by atoms with van der Waals surface area (Å²) in [5.41, 5.74) is 1.99. The van der Waals surface area contributed by atoms with Crippen molar-refractivity contribution in [2.75, 3.05) is 0 Å². The maximum absolute atomic E-state index is 10.6. The third-order valence-electron chi connectivity index (χ3n) is 2.32. The van der Waals surface area contributed by atoms with Crippen LogP contribution >= 0.6 is 0 Å². The lowest BCUT2D eigenvalue weighted by Crippen LogP contribution is -2.12. The van der Waals surface area contributed by atoms with E-state index >= 15 is 0 Å². The Kier molecular flexibility index (Phi) is 3.46. The van der Waals surface area contributed by atoms with Gasteiger partial charge in [-0.3, -0.25) is 10.1 Å². The number of non-ortho nitro benzene ring substituents is 1. The number of hydrogen-bond acceptors (Lipinski definition) is 4. The van der Waals surface area contributed by atoms with Crippen LogP contribution in [-0.2, 0) is 13.1 Å². The first-order valence-electron chi connectivity index (χ1n) is 5.17. The molecule has 6 nitrogen and oxygen atoms in total. The van der Waals surface area contributed by atoms with E-state index in [1.165, 1.54) is 6.07 Å². The molecule has 1 aromatic carbocycles. The van der Waals surface area contributed by atoms with Crippen LogP contribution in [0.5, 0.6) is 0 Å². The Morgan fingerprint density at radius 2 is 2.29 bits per heavy atom. The summed E-state index contributed by atoms with van der Waals surface area (Å²) >= 11 is 0. The van der Waals surface area contributed by atoms with Gasteiger partial charge in [0.15, 0.2) is 0 Å². The highest BCUT2D eigenvalue weighted by atomic mass is 16.6. The summed E-state index contributed by atoms with van der Waals surface area (Å²) in [5.74, 6) is 0. The molecule has 1 aromatic heterocycles. The fraction of sp³-hybridized carbons (Fsp3) is 0.182. The van der Waals surface area contributed by atoms with Crippen LogP contribution in [0.4, 0.5) is 5.69 Å². The Labute approximate surface area is 97.9 Å². The Balaban J connectivity index is 1.90. The molecule has 1 heterocycles. The molecule has 0 aliphatic carbocycles. The van der Waals surface area contributed by atoms with Gasteiger partial charge in [0, 0.05) is 37.1 Å². The van der Waals surface area contributed by atoms with E-state index in [1.807, 2.05) is 6.07 Å². The highest BCUT2D eigenvalue weighted by Crippen LogP contribution is 2.12. The number of nitro benzene ring substituents is 1. The molecular formula is C11H12N4O2. The smallest absolute Gasteiger partial charge is 0.269 e. The maximum Gasteiger partial charge on any atom is 0.269 e. The topological polar surface area (TPSA) is 83.8 Å². The number of nitrogens with one attached hydrogen (secondary N) is 2. The molecule has 0 saturated heterocycles. The van der Waals surface area contributed by atoms with Gasteiger partial charge >= 0.3 is 0 Å². The lowest BCUT2D eigenvalue weighted by Gasteiger charge is -2.03. The summed E-state index contributed by atoms with van der Waals surface area (Å²) in [5, 5.41) is 13.8. The monoisotopic (exact) mass is 232 g/mol. The zero-order valence-electron chi connectivity index (χ0n) is 9.09. The second-order valence-corrected chi connectivity index (χ2v) is 3.61. The van der Waals surface area contributed by atoms with E-state index in [0.29, 0.717) is 13.1 Å². The molecule has 0 aliphatic rings. The zero-order chi connectivity index (χ0) is 12.1. The Morgan fingerprint density at radius 1 is 1.41 bits per heavy atom. The third-order valence-corrected chi connectivity index (χ3v) is 2.32. The number of imidazole rings is 1. The molecular weight excluding hydrogens is 220 g/mol. The van der Waals surface area contributed by atoms with Crippen molar-refractivity contribution in [1.29, 1.82) is 0 Å². The molecule has 0 fully saturated rings. The van der Waals surface area contributed by atoms with Crippen LogP contribution in [-0.4, -0.2) is 14.9 Å². The lowest BCUT2D eigenvalue weighted by molar-refractivity contribution is -0.384. The van der Waals surface area contributed by atoms with Crippen molar-refractivity contribution in [1.82, 2.24) is 15.3 Å². The molecule has 0 unspecified atom stereocenters. The van der Waals surface area contributed by atoms with Gasteiger partial charge in [0.05, 0.1) is 11.3 Å². The number of rotatable bonds is 5. The molecule has 88 valence electrons. The van der Waals surface area contributed by atoms with Gasteiger partial charge in [-0.2, -0.15) is 0 Å². The van der Waals surface area contributed by atoms with E-state index in [9.17, 15) is 10.1 Å². The van der Waals surface area contributed by atoms with Crippen LogP contribution < -0.4 is 5.32 Å². The maximum atomic E-state index is 10.6. The van der Waals surface area contributed by atoms with Gasteiger partial charge in [-0.1, -0.05) is 12.1 Å². The SMILES string of the molecule is O=[N+]([O-])c1cccc(CNCc2cnc[nH]2)c1. The minimum atomic E-state index is -0.390. The van der Waals surface area contributed by atoms with Crippen molar-refractivity contribution in [2.45, 2.75) is 13.1 Å². The first kappa shape index (κ1) is 11.3. The van der Waals surface area contributed by atoms with Crippen LogP contribution in [0.15, 0.2) is 36.8 Å². The number of benzene rings is 1. The summed E-state index contributed by atoms with van der Waals surface area (Å²) < 4.78 is 0. The fourth-order valence-electron chi connectivity index (χ4n) is 1.50. The normalized spacial score (nSPS) is 10.4. The number of hydrogen-bond donors (Lipinski definition) is 2. The van der Waals surface area contributed by atoms with Gasteiger partial charge in [-0.25, -0.2) is 4.98 Å². The Morgan fingerprint density at radius 3 is 3.00 bits per heavy atom. The second-order valence-electron chi connectivity index (χ2n) is 3.61. The van der Waals surface area contributed by atoms with Gasteiger partial charge in [0.1, 0.15) is 0 Å². The van der Waals surface area contributed by atoms with Gasteiger partial charge in [-0.15, -0.1) is 0 Å². The van der Waals surface area contributed by atoms with E-state index < -0.39 is 4.92 Å². The van der Waals surface area contributed by atoms with E-state index in [4.69, 9.17) is 0 Å². The minimum Gasteiger partial charge on any atom is -0.347 e. The molecule has 0 atom stereocenters. The van der Waals surface area contributed by atoms with Gasteiger partial charge < -0.3 is 10.3 Å². The molecule has 0 radical (unpaired) electrons. The molecule has 2 N–H and O–H groups in total. The second kappa shape index (κ2) is 5.22. The Bertz CT molecular complexity index is 496. The highest BCUT2D eigenvalue weighted by Gasteiger charge is 2.05. The molecule has 0 bridgehead atoms. The van der Waals surface area contributed by atoms with Crippen LogP contribution in [0, 0.1) is 10.1 Å². The van der Waals surface area contributed by atoms with Crippen molar-refractivity contribution in [3.63, 3.8) is 0 Å². The minimum absolute atomic E-state index is 0.117. The van der Waals surface area contributed by atoms with Gasteiger partial charge in [-0.05, 0) is 5.56 Å². The first-order valence-corrected chi connectivity index (χ1v) is 5.17. The van der Waals surface area contributed by atoms with Crippen LogP contribution in [0.3, 0.4) is 0 Å². The molecule has 6 heteroatoms. The van der Waals surface area contributed by atoms with Crippen molar-refractivity contribution in [2.24, 2.45) is 0 Å². The van der Waals surface area contributed by atoms with Crippen molar-refractivity contribution >= 4 is 5.69 Å². The average Bonchev–Trinajstić information content (AvgIpc) is 2.82. The molecule has 17 heavy (non-hydrogen) atoms. The molecule has 0 amide bonds. The van der Waals surface area contributed by atoms with Crippen LogP contribution in [0.1, 0.15) is 11.3 Å². The van der Waals surface area contributed by atoms with Gasteiger partial charge in [0.2, 0.25) is 0 Å². The van der Waals surface area contributed by atoms with E-state index in [2.05, 4.69) is 15.3 Å². The molecule has 0 spiro atoms. The third kappa shape index (κ3) is 3.12. The quantitative estimate of drug-likeness (QED) is 0.606. The summed E-state index contributed by atoms with van der Waals surface area (Å²) in [7, 11) is 0. The highest BCUT2D eigenvalue weighted by molar-refractivity contribution is 5.34. The summed E-state index contributed by atoms with van der Waals surface area (Å²) in [4.78, 5) is 17.1. The number of H-pyrrole nitrogens is 1. The van der Waals surface area contributed by atoms with Crippen molar-refractivity contribution in [3.05, 3.63) is 58.2 Å². The van der Waals surface area contributed by atoms with Gasteiger partial charge in [0.25, 0.3) is 5.69 Å². The molecule has 0 saturated carbocycles. The summed E-state index contributed by atoms with van der Waals surface area (Å²) in [6, 6.07) is 6.59. The van der Waals surface area contributed by atoms with Crippen molar-refractivity contribution < 1.29 is 4.92 Å². The average molecular weight is 232 g/mol. The number of aromatic amines is 1.